The molecule has 0 saturated carbocycles. The predicted octanol–water partition coefficient (Wildman–Crippen LogP) is 2.27. The van der Waals surface area contributed by atoms with Gasteiger partial charge in [0.25, 0.3) is 0 Å². The highest BCUT2D eigenvalue weighted by atomic mass is 16.1. The van der Waals surface area contributed by atoms with E-state index in [-0.39, 0.29) is 0 Å². The fourth-order valence-corrected chi connectivity index (χ4v) is 1.80. The molecule has 0 aliphatic heterocycles. The molecular weight excluding hydrogens is 214 g/mol. The van der Waals surface area contributed by atoms with Crippen molar-refractivity contribution in [2.45, 2.75) is 0 Å². The topological polar surface area (TPSA) is 60.2 Å². The summed E-state index contributed by atoms with van der Waals surface area (Å²) < 4.78 is 0. The molecule has 3 nitrogen and oxygen atoms in total. The molecule has 3 heteroatoms. The van der Waals surface area contributed by atoms with E-state index in [0.717, 1.165) is 11.8 Å². The Balaban J connectivity index is 2.73. The molecule has 2 aromatic carbocycles. The standard InChI is InChI=1S/C14H11NO2/c15-14(17)12-8-4-7-11(9-16)13(12)10-5-2-1-3-6-10/h1-9H,(H2,15,17). The smallest absolute Gasteiger partial charge is 0.249 e. The van der Waals surface area contributed by atoms with E-state index in [4.69, 9.17) is 5.73 Å². The molecular formula is C14H11NO2. The van der Waals surface area contributed by atoms with Gasteiger partial charge in [0.15, 0.2) is 6.29 Å². The molecule has 0 aliphatic carbocycles. The summed E-state index contributed by atoms with van der Waals surface area (Å²) in [6, 6.07) is 14.2. The Morgan fingerprint density at radius 3 is 2.29 bits per heavy atom. The van der Waals surface area contributed by atoms with Crippen LogP contribution in [0.5, 0.6) is 0 Å². The molecule has 0 spiro atoms. The van der Waals surface area contributed by atoms with Crippen molar-refractivity contribution >= 4 is 12.2 Å². The Kier molecular flexibility index (Phi) is 3.01. The monoisotopic (exact) mass is 225 g/mol. The Hall–Kier alpha value is -2.42. The van der Waals surface area contributed by atoms with Crippen LogP contribution in [0.15, 0.2) is 48.5 Å². The maximum atomic E-state index is 11.4. The number of hydrogen-bond donors (Lipinski definition) is 1. The van der Waals surface area contributed by atoms with Crippen LogP contribution in [-0.4, -0.2) is 12.2 Å². The molecule has 0 aromatic heterocycles. The number of nitrogens with two attached hydrogens (primary N) is 1. The van der Waals surface area contributed by atoms with Gasteiger partial charge in [-0.2, -0.15) is 0 Å². The van der Waals surface area contributed by atoms with Crippen molar-refractivity contribution < 1.29 is 9.59 Å². The third-order valence-corrected chi connectivity index (χ3v) is 2.55. The van der Waals surface area contributed by atoms with Crippen LogP contribution < -0.4 is 5.73 Å². The molecule has 2 N–H and O–H groups in total. The second-order valence-corrected chi connectivity index (χ2v) is 3.62. The lowest BCUT2D eigenvalue weighted by Gasteiger charge is -2.09. The maximum absolute atomic E-state index is 11.4. The van der Waals surface area contributed by atoms with Crippen LogP contribution in [0.4, 0.5) is 0 Å². The van der Waals surface area contributed by atoms with Gasteiger partial charge in [-0.05, 0) is 11.6 Å². The molecule has 84 valence electrons. The molecule has 0 saturated heterocycles. The first-order chi connectivity index (χ1) is 8.24. The molecule has 0 fully saturated rings. The Morgan fingerprint density at radius 1 is 1.00 bits per heavy atom. The van der Waals surface area contributed by atoms with Crippen molar-refractivity contribution in [3.8, 4) is 11.1 Å². The van der Waals surface area contributed by atoms with Crippen LogP contribution in [0.2, 0.25) is 0 Å². The molecule has 1 amide bonds. The SMILES string of the molecule is NC(=O)c1cccc(C=O)c1-c1ccccc1. The lowest BCUT2D eigenvalue weighted by Crippen LogP contribution is -2.13. The van der Waals surface area contributed by atoms with Crippen LogP contribution in [0.25, 0.3) is 11.1 Å². The first-order valence-electron chi connectivity index (χ1n) is 5.17. The van der Waals surface area contributed by atoms with Gasteiger partial charge in [0, 0.05) is 16.7 Å². The van der Waals surface area contributed by atoms with Crippen LogP contribution in [0.1, 0.15) is 20.7 Å². The zero-order valence-electron chi connectivity index (χ0n) is 9.09. The fourth-order valence-electron chi connectivity index (χ4n) is 1.80. The zero-order valence-corrected chi connectivity index (χ0v) is 9.09. The van der Waals surface area contributed by atoms with Gasteiger partial charge in [-0.1, -0.05) is 42.5 Å². The number of carbonyl (C=O) groups excluding carboxylic acids is 2. The second-order valence-electron chi connectivity index (χ2n) is 3.62. The summed E-state index contributed by atoms with van der Waals surface area (Å²) in [6.07, 6.45) is 0.731. The minimum atomic E-state index is -0.535. The normalized spacial score (nSPS) is 9.88. The number of rotatable bonds is 3. The van der Waals surface area contributed by atoms with Crippen LogP contribution in [0, 0.1) is 0 Å². The van der Waals surface area contributed by atoms with E-state index in [9.17, 15) is 9.59 Å². The molecule has 0 atom stereocenters. The molecule has 2 aromatic rings. The largest absolute Gasteiger partial charge is 0.366 e. The molecule has 0 bridgehead atoms. The van der Waals surface area contributed by atoms with Gasteiger partial charge < -0.3 is 5.73 Å². The van der Waals surface area contributed by atoms with Gasteiger partial charge >= 0.3 is 0 Å². The second kappa shape index (κ2) is 4.61. The van der Waals surface area contributed by atoms with Gasteiger partial charge in [0.1, 0.15) is 0 Å². The van der Waals surface area contributed by atoms with E-state index >= 15 is 0 Å². The summed E-state index contributed by atoms with van der Waals surface area (Å²) in [4.78, 5) is 22.4. The summed E-state index contributed by atoms with van der Waals surface area (Å²) in [7, 11) is 0. The number of primary amides is 1. The number of amides is 1. The van der Waals surface area contributed by atoms with E-state index in [0.29, 0.717) is 16.7 Å². The summed E-state index contributed by atoms with van der Waals surface area (Å²) in [5.41, 5.74) is 7.55. The van der Waals surface area contributed by atoms with E-state index in [1.807, 2.05) is 30.3 Å². The Labute approximate surface area is 98.9 Å². The van der Waals surface area contributed by atoms with Crippen molar-refractivity contribution in [2.24, 2.45) is 5.73 Å². The van der Waals surface area contributed by atoms with Crippen molar-refractivity contribution in [2.75, 3.05) is 0 Å². The summed E-state index contributed by atoms with van der Waals surface area (Å²) in [5.74, 6) is -0.535. The third kappa shape index (κ3) is 2.08. The average molecular weight is 225 g/mol. The fraction of sp³-hybridized carbons (Fsp3) is 0. The van der Waals surface area contributed by atoms with E-state index in [1.165, 1.54) is 0 Å². The van der Waals surface area contributed by atoms with Crippen LogP contribution >= 0.6 is 0 Å². The van der Waals surface area contributed by atoms with Gasteiger partial charge in [-0.15, -0.1) is 0 Å². The van der Waals surface area contributed by atoms with E-state index in [2.05, 4.69) is 0 Å². The molecule has 0 aliphatic rings. The molecule has 0 heterocycles. The lowest BCUT2D eigenvalue weighted by atomic mass is 9.94. The van der Waals surface area contributed by atoms with Crippen molar-refractivity contribution in [1.29, 1.82) is 0 Å². The minimum absolute atomic E-state index is 0.362. The number of aldehydes is 1. The number of carbonyl (C=O) groups is 2. The highest BCUT2D eigenvalue weighted by Crippen LogP contribution is 2.26. The highest BCUT2D eigenvalue weighted by molar-refractivity contribution is 6.04. The van der Waals surface area contributed by atoms with Crippen molar-refractivity contribution in [3.63, 3.8) is 0 Å². The first kappa shape index (κ1) is 11.1. The summed E-state index contributed by atoms with van der Waals surface area (Å²) >= 11 is 0. The molecule has 0 radical (unpaired) electrons. The van der Waals surface area contributed by atoms with Crippen LogP contribution in [0.3, 0.4) is 0 Å². The highest BCUT2D eigenvalue weighted by Gasteiger charge is 2.13. The number of benzene rings is 2. The van der Waals surface area contributed by atoms with Crippen molar-refractivity contribution in [1.82, 2.24) is 0 Å². The summed E-state index contributed by atoms with van der Waals surface area (Å²) in [6.45, 7) is 0. The zero-order chi connectivity index (χ0) is 12.3. The average Bonchev–Trinajstić information content (AvgIpc) is 2.38. The van der Waals surface area contributed by atoms with Gasteiger partial charge in [0.2, 0.25) is 5.91 Å². The number of hydrogen-bond acceptors (Lipinski definition) is 2. The Bertz CT molecular complexity index is 562. The maximum Gasteiger partial charge on any atom is 0.249 e. The Morgan fingerprint density at radius 2 is 1.71 bits per heavy atom. The van der Waals surface area contributed by atoms with E-state index in [1.54, 1.807) is 18.2 Å². The quantitative estimate of drug-likeness (QED) is 0.814. The predicted molar refractivity (Wildman–Crippen MR) is 65.8 cm³/mol. The third-order valence-electron chi connectivity index (χ3n) is 2.55. The van der Waals surface area contributed by atoms with E-state index < -0.39 is 5.91 Å². The van der Waals surface area contributed by atoms with Gasteiger partial charge in [-0.25, -0.2) is 0 Å². The lowest BCUT2D eigenvalue weighted by molar-refractivity contribution is 0.100. The minimum Gasteiger partial charge on any atom is -0.366 e. The van der Waals surface area contributed by atoms with Crippen LogP contribution in [-0.2, 0) is 0 Å². The van der Waals surface area contributed by atoms with Gasteiger partial charge in [0.05, 0.1) is 0 Å². The molecule has 17 heavy (non-hydrogen) atoms. The van der Waals surface area contributed by atoms with Crippen molar-refractivity contribution in [3.05, 3.63) is 59.7 Å². The summed E-state index contributed by atoms with van der Waals surface area (Å²) in [5, 5.41) is 0. The molecule has 2 rings (SSSR count). The molecule has 0 unspecified atom stereocenters. The van der Waals surface area contributed by atoms with Gasteiger partial charge in [-0.3, -0.25) is 9.59 Å². The first-order valence-corrected chi connectivity index (χ1v) is 5.17.